The van der Waals surface area contributed by atoms with E-state index in [2.05, 4.69) is 6.07 Å². The number of halogens is 1. The quantitative estimate of drug-likeness (QED) is 0.206. The topological polar surface area (TPSA) is 104 Å². The van der Waals surface area contributed by atoms with Crippen molar-refractivity contribution < 1.29 is 28.1 Å². The smallest absolute Gasteiger partial charge is 0.353 e. The first-order chi connectivity index (χ1) is 19.0. The van der Waals surface area contributed by atoms with Crippen molar-refractivity contribution >= 4 is 17.3 Å². The average Bonchev–Trinajstić information content (AvgIpc) is 3.48. The Morgan fingerprint density at radius 1 is 1.08 bits per heavy atom. The molecule has 1 aromatic heterocycles. The summed E-state index contributed by atoms with van der Waals surface area (Å²) in [5, 5.41) is 11.7. The van der Waals surface area contributed by atoms with Crippen molar-refractivity contribution in [2.75, 3.05) is 6.61 Å². The molecule has 0 spiro atoms. The summed E-state index contributed by atoms with van der Waals surface area (Å²) in [5.41, 5.74) is 8.18. The van der Waals surface area contributed by atoms with Crippen molar-refractivity contribution in [3.05, 3.63) is 117 Å². The maximum atomic E-state index is 14.1. The number of nitrogens with two attached hydrogens (primary N) is 1. The van der Waals surface area contributed by atoms with Crippen LogP contribution in [0, 0.1) is 17.1 Å². The van der Waals surface area contributed by atoms with Crippen LogP contribution in [0.2, 0.25) is 0 Å². The second-order valence-corrected chi connectivity index (χ2v) is 9.46. The number of nitrogens with zero attached hydrogens (tertiary/aromatic N) is 1. The zero-order valence-electron chi connectivity index (χ0n) is 20.8. The molecule has 2 N–H and O–H groups in total. The number of fused-ring (bicyclic) bond motifs is 1. The molecule has 39 heavy (non-hydrogen) atoms. The van der Waals surface area contributed by atoms with Crippen molar-refractivity contribution in [1.82, 2.24) is 0 Å². The van der Waals surface area contributed by atoms with E-state index in [4.69, 9.17) is 24.7 Å². The minimum atomic E-state index is -0.569. The molecule has 0 bridgehead atoms. The molecule has 1 aliphatic heterocycles. The van der Waals surface area contributed by atoms with Crippen LogP contribution in [-0.4, -0.2) is 12.6 Å². The molecule has 9 heteroatoms. The number of allylic oxidation sites excluding steroid dienone is 1. The molecular weight excluding hydrogens is 519 g/mol. The number of hydrogen-bond acceptors (Lipinski definition) is 8. The Morgan fingerprint density at radius 3 is 2.67 bits per heavy atom. The molecule has 0 saturated heterocycles. The van der Waals surface area contributed by atoms with Crippen LogP contribution >= 0.6 is 11.3 Å². The maximum Gasteiger partial charge on any atom is 0.353 e. The third kappa shape index (κ3) is 5.42. The Morgan fingerprint density at radius 2 is 1.92 bits per heavy atom. The Hall–Kier alpha value is -4.81. The largest absolute Gasteiger partial charge is 0.490 e. The first-order valence-corrected chi connectivity index (χ1v) is 13.0. The van der Waals surface area contributed by atoms with Crippen LogP contribution in [0.4, 0.5) is 4.39 Å². The Balaban J connectivity index is 1.46. The van der Waals surface area contributed by atoms with E-state index >= 15 is 0 Å². The van der Waals surface area contributed by atoms with Crippen LogP contribution in [-0.2, 0) is 6.61 Å². The highest BCUT2D eigenvalue weighted by atomic mass is 32.1. The number of carbonyl (C=O) groups excluding carboxylic acids is 1. The third-order valence-electron chi connectivity index (χ3n) is 6.07. The zero-order chi connectivity index (χ0) is 27.4. The second-order valence-electron chi connectivity index (χ2n) is 8.51. The van der Waals surface area contributed by atoms with Gasteiger partial charge in [0.2, 0.25) is 5.88 Å². The van der Waals surface area contributed by atoms with Gasteiger partial charge in [-0.25, -0.2) is 9.18 Å². The second kappa shape index (κ2) is 11.3. The molecule has 3 aromatic carbocycles. The van der Waals surface area contributed by atoms with Gasteiger partial charge < -0.3 is 24.7 Å². The Kier molecular flexibility index (Phi) is 7.48. The number of ether oxygens (including phenoxy) is 4. The van der Waals surface area contributed by atoms with Gasteiger partial charge in [-0.05, 0) is 48.2 Å². The number of rotatable bonds is 8. The molecule has 0 saturated carbocycles. The number of thiophene rings is 1. The fourth-order valence-corrected chi connectivity index (χ4v) is 4.86. The average molecular weight is 543 g/mol. The highest BCUT2D eigenvalue weighted by Crippen LogP contribution is 2.45. The lowest BCUT2D eigenvalue weighted by atomic mass is 9.83. The van der Waals surface area contributed by atoms with Gasteiger partial charge in [0, 0.05) is 17.2 Å². The molecule has 0 fully saturated rings. The standard InChI is InChI=1S/C30H23FN2O5S/c1-2-35-26-14-18(9-12-24(26)36-17-19-6-3-4-7-23(19)31)28-21-11-10-20(37-30(34)27-8-5-13-39-27)15-25(21)38-29(33)22(28)16-32/h3-15,28H,2,17,33H2,1H3. The number of esters is 1. The summed E-state index contributed by atoms with van der Waals surface area (Å²) in [6.07, 6.45) is 0. The number of hydrogen-bond donors (Lipinski definition) is 1. The molecule has 0 radical (unpaired) electrons. The molecule has 5 rings (SSSR count). The molecule has 2 heterocycles. The lowest BCUT2D eigenvalue weighted by Crippen LogP contribution is -2.21. The van der Waals surface area contributed by atoms with E-state index in [9.17, 15) is 14.4 Å². The van der Waals surface area contributed by atoms with Crippen LogP contribution in [0.3, 0.4) is 0 Å². The van der Waals surface area contributed by atoms with Crippen LogP contribution in [0.25, 0.3) is 0 Å². The van der Waals surface area contributed by atoms with Crippen molar-refractivity contribution in [3.63, 3.8) is 0 Å². The van der Waals surface area contributed by atoms with E-state index in [0.29, 0.717) is 45.4 Å². The van der Waals surface area contributed by atoms with Gasteiger partial charge in [0.05, 0.1) is 12.5 Å². The van der Waals surface area contributed by atoms with Gasteiger partial charge in [0.25, 0.3) is 0 Å². The fourth-order valence-electron chi connectivity index (χ4n) is 4.26. The van der Waals surface area contributed by atoms with Gasteiger partial charge in [-0.3, -0.25) is 0 Å². The van der Waals surface area contributed by atoms with E-state index in [1.165, 1.54) is 17.4 Å². The zero-order valence-corrected chi connectivity index (χ0v) is 21.7. The molecule has 7 nitrogen and oxygen atoms in total. The van der Waals surface area contributed by atoms with E-state index in [0.717, 1.165) is 0 Å². The summed E-state index contributed by atoms with van der Waals surface area (Å²) in [6.45, 7) is 2.23. The summed E-state index contributed by atoms with van der Waals surface area (Å²) in [4.78, 5) is 12.9. The lowest BCUT2D eigenvalue weighted by molar-refractivity contribution is 0.0739. The number of benzene rings is 3. The number of nitriles is 1. The van der Waals surface area contributed by atoms with E-state index in [1.807, 2.05) is 6.92 Å². The van der Waals surface area contributed by atoms with Crippen molar-refractivity contribution in [2.24, 2.45) is 5.73 Å². The molecule has 1 aliphatic rings. The third-order valence-corrected chi connectivity index (χ3v) is 6.92. The van der Waals surface area contributed by atoms with Crippen LogP contribution in [0.1, 0.15) is 39.2 Å². The normalized spacial score (nSPS) is 14.1. The van der Waals surface area contributed by atoms with Gasteiger partial charge in [-0.2, -0.15) is 5.26 Å². The highest BCUT2D eigenvalue weighted by Gasteiger charge is 2.32. The highest BCUT2D eigenvalue weighted by molar-refractivity contribution is 7.12. The predicted molar refractivity (Wildman–Crippen MR) is 143 cm³/mol. The van der Waals surface area contributed by atoms with Gasteiger partial charge in [-0.15, -0.1) is 11.3 Å². The van der Waals surface area contributed by atoms with Crippen LogP contribution in [0.15, 0.2) is 89.6 Å². The summed E-state index contributed by atoms with van der Waals surface area (Å²) in [6, 6.07) is 22.3. The summed E-state index contributed by atoms with van der Waals surface area (Å²) < 4.78 is 37.1. The molecule has 0 amide bonds. The summed E-state index contributed by atoms with van der Waals surface area (Å²) in [5.74, 6) is 0.0719. The molecule has 196 valence electrons. The first kappa shape index (κ1) is 25.8. The fraction of sp³-hybridized carbons (Fsp3) is 0.133. The Labute approximate surface area is 228 Å². The minimum absolute atomic E-state index is 0.0233. The first-order valence-electron chi connectivity index (χ1n) is 12.1. The van der Waals surface area contributed by atoms with Crippen molar-refractivity contribution in [3.8, 4) is 29.1 Å². The molecule has 1 atom stereocenters. The monoisotopic (exact) mass is 542 g/mol. The summed E-state index contributed by atoms with van der Waals surface area (Å²) >= 11 is 1.28. The van der Waals surface area contributed by atoms with Gasteiger partial charge >= 0.3 is 5.97 Å². The SMILES string of the molecule is CCOc1cc(C2C(C#N)=C(N)Oc3cc(OC(=O)c4cccs4)ccc32)ccc1OCc1ccccc1F. The number of carbonyl (C=O) groups is 1. The predicted octanol–water partition coefficient (Wildman–Crippen LogP) is 6.30. The van der Waals surface area contributed by atoms with Crippen molar-refractivity contribution in [2.45, 2.75) is 19.4 Å². The van der Waals surface area contributed by atoms with E-state index in [1.54, 1.807) is 72.1 Å². The summed E-state index contributed by atoms with van der Waals surface area (Å²) in [7, 11) is 0. The molecule has 4 aromatic rings. The van der Waals surface area contributed by atoms with E-state index < -0.39 is 11.9 Å². The molecule has 1 unspecified atom stereocenters. The lowest BCUT2D eigenvalue weighted by Gasteiger charge is -2.27. The maximum absolute atomic E-state index is 14.1. The van der Waals surface area contributed by atoms with Gasteiger partial charge in [0.1, 0.15) is 40.4 Å². The minimum Gasteiger partial charge on any atom is -0.490 e. The van der Waals surface area contributed by atoms with E-state index in [-0.39, 0.29) is 29.6 Å². The molecular formula is C30H23FN2O5S. The van der Waals surface area contributed by atoms with Crippen LogP contribution < -0.4 is 24.7 Å². The van der Waals surface area contributed by atoms with Crippen LogP contribution in [0.5, 0.6) is 23.0 Å². The van der Waals surface area contributed by atoms with Gasteiger partial charge in [-0.1, -0.05) is 36.4 Å². The van der Waals surface area contributed by atoms with Crippen molar-refractivity contribution in [1.29, 1.82) is 5.26 Å². The molecule has 0 aliphatic carbocycles. The Bertz CT molecular complexity index is 1590. The van der Waals surface area contributed by atoms with Gasteiger partial charge in [0.15, 0.2) is 11.5 Å².